The van der Waals surface area contributed by atoms with Crippen LogP contribution in [0.15, 0.2) is 59.9 Å². The maximum absolute atomic E-state index is 12.2. The minimum Gasteiger partial charge on any atom is -0.265 e. The Morgan fingerprint density at radius 3 is 2.48 bits per heavy atom. The molecule has 1 N–H and O–H groups in total. The highest BCUT2D eigenvalue weighted by Gasteiger charge is 2.14. The zero-order chi connectivity index (χ0) is 16.3. The molecule has 0 saturated carbocycles. The number of aromatic nitrogens is 4. The summed E-state index contributed by atoms with van der Waals surface area (Å²) in [5, 5.41) is 7.94. The summed E-state index contributed by atoms with van der Waals surface area (Å²) in [6, 6.07) is 10.2. The van der Waals surface area contributed by atoms with Gasteiger partial charge in [-0.05, 0) is 31.2 Å². The molecule has 2 aromatic heterocycles. The first kappa shape index (κ1) is 15.3. The van der Waals surface area contributed by atoms with Gasteiger partial charge in [-0.1, -0.05) is 22.9 Å². The van der Waals surface area contributed by atoms with Gasteiger partial charge in [-0.25, -0.2) is 17.8 Å². The predicted molar refractivity (Wildman–Crippen MR) is 84.4 cm³/mol. The Morgan fingerprint density at radius 2 is 1.78 bits per heavy atom. The van der Waals surface area contributed by atoms with Crippen LogP contribution >= 0.6 is 0 Å². The second kappa shape index (κ2) is 6.27. The fourth-order valence-corrected chi connectivity index (χ4v) is 2.97. The molecule has 0 saturated heterocycles. The van der Waals surface area contributed by atoms with Gasteiger partial charge in [0.25, 0.3) is 0 Å². The van der Waals surface area contributed by atoms with Crippen LogP contribution in [-0.4, -0.2) is 28.4 Å². The highest BCUT2D eigenvalue weighted by Crippen LogP contribution is 2.11. The number of pyridine rings is 1. The second-order valence-electron chi connectivity index (χ2n) is 5.00. The standard InChI is InChI=1S/C15H15N5O2S/c1-12-2-4-15(5-3-12)23(21,22)17-10-13-11-20(19-18-13)14-6-8-16-9-7-14/h2-9,11,17H,10H2,1H3. The molecule has 0 aliphatic carbocycles. The monoisotopic (exact) mass is 329 g/mol. The van der Waals surface area contributed by atoms with Gasteiger partial charge in [0, 0.05) is 12.4 Å². The van der Waals surface area contributed by atoms with Crippen molar-refractivity contribution >= 4 is 10.0 Å². The number of benzene rings is 1. The van der Waals surface area contributed by atoms with E-state index in [1.807, 2.05) is 6.92 Å². The lowest BCUT2D eigenvalue weighted by Gasteiger charge is -2.05. The first-order chi connectivity index (χ1) is 11.0. The van der Waals surface area contributed by atoms with Gasteiger partial charge in [-0.15, -0.1) is 5.10 Å². The summed E-state index contributed by atoms with van der Waals surface area (Å²) in [4.78, 5) is 4.16. The van der Waals surface area contributed by atoms with Crippen LogP contribution in [0.5, 0.6) is 0 Å². The third kappa shape index (κ3) is 3.61. The molecule has 0 aliphatic heterocycles. The average molecular weight is 329 g/mol. The van der Waals surface area contributed by atoms with Crippen molar-refractivity contribution in [1.82, 2.24) is 24.7 Å². The van der Waals surface area contributed by atoms with Crippen LogP contribution < -0.4 is 4.72 Å². The molecule has 0 spiro atoms. The van der Waals surface area contributed by atoms with Gasteiger partial charge in [0.05, 0.1) is 29.0 Å². The van der Waals surface area contributed by atoms with Crippen LogP contribution in [0.1, 0.15) is 11.3 Å². The van der Waals surface area contributed by atoms with Gasteiger partial charge in [0.15, 0.2) is 0 Å². The fraction of sp³-hybridized carbons (Fsp3) is 0.133. The summed E-state index contributed by atoms with van der Waals surface area (Å²) < 4.78 is 28.5. The summed E-state index contributed by atoms with van der Waals surface area (Å²) in [6.45, 7) is 1.97. The van der Waals surface area contributed by atoms with E-state index in [4.69, 9.17) is 0 Å². The van der Waals surface area contributed by atoms with Gasteiger partial charge in [0.1, 0.15) is 0 Å². The van der Waals surface area contributed by atoms with E-state index in [0.29, 0.717) is 5.69 Å². The molecular weight excluding hydrogens is 314 g/mol. The Morgan fingerprint density at radius 1 is 1.09 bits per heavy atom. The number of sulfonamides is 1. The molecule has 0 atom stereocenters. The summed E-state index contributed by atoms with van der Waals surface area (Å²) in [6.07, 6.45) is 4.97. The highest BCUT2D eigenvalue weighted by atomic mass is 32.2. The Bertz CT molecular complexity index is 889. The third-order valence-electron chi connectivity index (χ3n) is 3.24. The minimum atomic E-state index is -3.57. The molecule has 3 aromatic rings. The van der Waals surface area contributed by atoms with Gasteiger partial charge in [-0.2, -0.15) is 0 Å². The molecule has 0 unspecified atom stereocenters. The largest absolute Gasteiger partial charge is 0.265 e. The maximum Gasteiger partial charge on any atom is 0.240 e. The van der Waals surface area contributed by atoms with Crippen molar-refractivity contribution < 1.29 is 8.42 Å². The van der Waals surface area contributed by atoms with Crippen molar-refractivity contribution in [3.05, 3.63) is 66.2 Å². The lowest BCUT2D eigenvalue weighted by atomic mass is 10.2. The Labute approximate surface area is 134 Å². The van der Waals surface area contributed by atoms with Gasteiger partial charge >= 0.3 is 0 Å². The highest BCUT2D eigenvalue weighted by molar-refractivity contribution is 7.89. The smallest absolute Gasteiger partial charge is 0.240 e. The molecule has 1 aromatic carbocycles. The van der Waals surface area contributed by atoms with E-state index in [9.17, 15) is 8.42 Å². The molecule has 0 bridgehead atoms. The molecule has 2 heterocycles. The lowest BCUT2D eigenvalue weighted by molar-refractivity contribution is 0.580. The molecule has 0 radical (unpaired) electrons. The van der Waals surface area contributed by atoms with E-state index in [-0.39, 0.29) is 11.4 Å². The van der Waals surface area contributed by atoms with E-state index in [2.05, 4.69) is 20.0 Å². The normalized spacial score (nSPS) is 11.5. The molecule has 0 aliphatic rings. The first-order valence-corrected chi connectivity index (χ1v) is 8.41. The van der Waals surface area contributed by atoms with Crippen molar-refractivity contribution in [2.75, 3.05) is 0 Å². The first-order valence-electron chi connectivity index (χ1n) is 6.92. The van der Waals surface area contributed by atoms with Gasteiger partial charge in [0.2, 0.25) is 10.0 Å². The van der Waals surface area contributed by atoms with Crippen molar-refractivity contribution in [2.24, 2.45) is 0 Å². The summed E-state index contributed by atoms with van der Waals surface area (Å²) >= 11 is 0. The summed E-state index contributed by atoms with van der Waals surface area (Å²) in [7, 11) is -3.57. The van der Waals surface area contributed by atoms with Crippen LogP contribution in [0.4, 0.5) is 0 Å². The number of aryl methyl sites for hydroxylation is 1. The Balaban J connectivity index is 1.71. The van der Waals surface area contributed by atoms with Crippen LogP contribution in [0.25, 0.3) is 5.69 Å². The summed E-state index contributed by atoms with van der Waals surface area (Å²) in [5.74, 6) is 0. The SMILES string of the molecule is Cc1ccc(S(=O)(=O)NCc2cn(-c3ccncc3)nn2)cc1. The van der Waals surface area contributed by atoms with E-state index in [0.717, 1.165) is 11.3 Å². The van der Waals surface area contributed by atoms with Crippen molar-refractivity contribution in [2.45, 2.75) is 18.4 Å². The number of nitrogens with zero attached hydrogens (tertiary/aromatic N) is 4. The van der Waals surface area contributed by atoms with Crippen LogP contribution in [-0.2, 0) is 16.6 Å². The molecule has 0 amide bonds. The van der Waals surface area contributed by atoms with E-state index in [1.165, 1.54) is 0 Å². The Kier molecular flexibility index (Phi) is 4.18. The van der Waals surface area contributed by atoms with Crippen LogP contribution in [0.2, 0.25) is 0 Å². The minimum absolute atomic E-state index is 0.0707. The molecular formula is C15H15N5O2S. The number of nitrogens with one attached hydrogen (secondary N) is 1. The zero-order valence-electron chi connectivity index (χ0n) is 12.4. The van der Waals surface area contributed by atoms with Gasteiger partial charge in [-0.3, -0.25) is 4.98 Å². The number of rotatable bonds is 5. The zero-order valence-corrected chi connectivity index (χ0v) is 13.2. The Hall–Kier alpha value is -2.58. The van der Waals surface area contributed by atoms with E-state index >= 15 is 0 Å². The lowest BCUT2D eigenvalue weighted by Crippen LogP contribution is -2.23. The second-order valence-corrected chi connectivity index (χ2v) is 6.76. The maximum atomic E-state index is 12.2. The molecule has 8 heteroatoms. The molecule has 3 rings (SSSR count). The van der Waals surface area contributed by atoms with Crippen LogP contribution in [0, 0.1) is 6.92 Å². The van der Waals surface area contributed by atoms with E-state index < -0.39 is 10.0 Å². The molecule has 23 heavy (non-hydrogen) atoms. The summed E-state index contributed by atoms with van der Waals surface area (Å²) in [5.41, 5.74) is 2.34. The molecule has 7 nitrogen and oxygen atoms in total. The molecule has 0 fully saturated rings. The van der Waals surface area contributed by atoms with Crippen molar-refractivity contribution in [1.29, 1.82) is 0 Å². The van der Waals surface area contributed by atoms with Crippen molar-refractivity contribution in [3.63, 3.8) is 0 Å². The predicted octanol–water partition coefficient (Wildman–Crippen LogP) is 1.45. The number of hydrogen-bond donors (Lipinski definition) is 1. The van der Waals surface area contributed by atoms with Gasteiger partial charge < -0.3 is 0 Å². The van der Waals surface area contributed by atoms with Crippen molar-refractivity contribution in [3.8, 4) is 5.69 Å². The topological polar surface area (TPSA) is 89.8 Å². The van der Waals surface area contributed by atoms with E-state index in [1.54, 1.807) is 59.7 Å². The third-order valence-corrected chi connectivity index (χ3v) is 4.66. The quantitative estimate of drug-likeness (QED) is 0.765. The number of hydrogen-bond acceptors (Lipinski definition) is 5. The van der Waals surface area contributed by atoms with Crippen LogP contribution in [0.3, 0.4) is 0 Å². The fourth-order valence-electron chi connectivity index (χ4n) is 1.97. The molecule has 118 valence electrons. The average Bonchev–Trinajstić information content (AvgIpc) is 3.03.